The number of thioether (sulfide) groups is 1. The molecule has 0 fully saturated rings. The van der Waals surface area contributed by atoms with Crippen LogP contribution in [0, 0.1) is 0 Å². The Morgan fingerprint density at radius 1 is 1.47 bits per heavy atom. The Labute approximate surface area is 111 Å². The number of rotatable bonds is 2. The second-order valence-corrected chi connectivity index (χ2v) is 4.54. The van der Waals surface area contributed by atoms with Gasteiger partial charge in [-0.25, -0.2) is 9.78 Å². The number of Topliss-reactive ketones (excluding diaryl/α,β-unsaturated/α-hetero) is 1. The van der Waals surface area contributed by atoms with Crippen molar-refractivity contribution in [2.24, 2.45) is 12.1 Å². The molecular weight excluding hydrogens is 272 g/mol. The maximum absolute atomic E-state index is 12.1. The standard InChI is InChI=1S/C10H10N4O4S/c1-14-8(16)6-5(15)3-4(9(17)18)12-13-7(6)11-10(14)19-2/h13H,3H2,1-2H3,(H,17,18). The Morgan fingerprint density at radius 3 is 2.74 bits per heavy atom. The van der Waals surface area contributed by atoms with E-state index in [1.54, 1.807) is 6.26 Å². The number of carbonyl (C=O) groups is 2. The van der Waals surface area contributed by atoms with Crippen molar-refractivity contribution < 1.29 is 14.7 Å². The van der Waals surface area contributed by atoms with Crippen LogP contribution >= 0.6 is 11.8 Å². The first-order valence-electron chi connectivity index (χ1n) is 5.19. The quantitative estimate of drug-likeness (QED) is 0.577. The number of nitrogens with one attached hydrogen (secondary N) is 1. The van der Waals surface area contributed by atoms with E-state index in [1.807, 2.05) is 0 Å². The van der Waals surface area contributed by atoms with Crippen molar-refractivity contribution in [2.45, 2.75) is 11.6 Å². The van der Waals surface area contributed by atoms with E-state index in [4.69, 9.17) is 5.11 Å². The molecule has 1 aromatic heterocycles. The minimum absolute atomic E-state index is 0.00583. The van der Waals surface area contributed by atoms with Gasteiger partial charge in [-0.05, 0) is 6.26 Å². The van der Waals surface area contributed by atoms with Crippen LogP contribution in [0.4, 0.5) is 5.82 Å². The lowest BCUT2D eigenvalue weighted by molar-refractivity contribution is -0.129. The van der Waals surface area contributed by atoms with Gasteiger partial charge >= 0.3 is 5.97 Å². The molecule has 2 N–H and O–H groups in total. The number of ketones is 1. The zero-order valence-corrected chi connectivity index (χ0v) is 10.9. The third-order valence-corrected chi connectivity index (χ3v) is 3.31. The van der Waals surface area contributed by atoms with Gasteiger partial charge in [-0.1, -0.05) is 11.8 Å². The largest absolute Gasteiger partial charge is 0.477 e. The van der Waals surface area contributed by atoms with Crippen molar-refractivity contribution in [1.82, 2.24) is 9.55 Å². The van der Waals surface area contributed by atoms with E-state index < -0.39 is 23.7 Å². The molecule has 0 saturated carbocycles. The number of carboxylic acid groups (broad SMARTS) is 1. The molecule has 0 aliphatic carbocycles. The fraction of sp³-hybridized carbons (Fsp3) is 0.300. The van der Waals surface area contributed by atoms with Gasteiger partial charge in [0.15, 0.2) is 22.5 Å². The van der Waals surface area contributed by atoms with Crippen molar-refractivity contribution in [3.63, 3.8) is 0 Å². The van der Waals surface area contributed by atoms with Gasteiger partial charge in [-0.3, -0.25) is 19.6 Å². The van der Waals surface area contributed by atoms with Crippen molar-refractivity contribution in [3.05, 3.63) is 15.9 Å². The van der Waals surface area contributed by atoms with E-state index in [0.29, 0.717) is 5.16 Å². The molecule has 1 aliphatic heterocycles. The number of anilines is 1. The molecule has 0 atom stereocenters. The second kappa shape index (κ2) is 4.84. The van der Waals surface area contributed by atoms with E-state index in [9.17, 15) is 14.4 Å². The lowest BCUT2D eigenvalue weighted by atomic mass is 10.1. The van der Waals surface area contributed by atoms with Crippen LogP contribution in [0.3, 0.4) is 0 Å². The summed E-state index contributed by atoms with van der Waals surface area (Å²) in [4.78, 5) is 39.0. The average Bonchev–Trinajstić information content (AvgIpc) is 2.53. The maximum Gasteiger partial charge on any atom is 0.352 e. The highest BCUT2D eigenvalue weighted by Gasteiger charge is 2.27. The summed E-state index contributed by atoms with van der Waals surface area (Å²) in [6.07, 6.45) is 1.30. The SMILES string of the molecule is CSc1nc2c(c(=O)n1C)C(=O)CC(C(=O)O)=NN2. The molecule has 0 bridgehead atoms. The summed E-state index contributed by atoms with van der Waals surface area (Å²) in [5, 5.41) is 12.8. The van der Waals surface area contributed by atoms with Crippen LogP contribution in [-0.2, 0) is 11.8 Å². The molecule has 9 heteroatoms. The number of hydrogen-bond donors (Lipinski definition) is 2. The van der Waals surface area contributed by atoms with Crippen LogP contribution in [0.5, 0.6) is 0 Å². The van der Waals surface area contributed by atoms with Crippen LogP contribution in [0.25, 0.3) is 0 Å². The van der Waals surface area contributed by atoms with Gasteiger partial charge in [-0.2, -0.15) is 5.10 Å². The molecule has 2 rings (SSSR count). The van der Waals surface area contributed by atoms with E-state index in [1.165, 1.54) is 23.4 Å². The van der Waals surface area contributed by atoms with Gasteiger partial charge in [0.1, 0.15) is 5.56 Å². The Hall–Kier alpha value is -2.16. The number of fused-ring (bicyclic) bond motifs is 1. The number of hydrazone groups is 1. The number of hydrogen-bond acceptors (Lipinski definition) is 7. The Balaban J connectivity index is 2.63. The van der Waals surface area contributed by atoms with Crippen LogP contribution < -0.4 is 11.0 Å². The summed E-state index contributed by atoms with van der Waals surface area (Å²) in [5.74, 6) is -1.92. The zero-order valence-electron chi connectivity index (χ0n) is 10.1. The van der Waals surface area contributed by atoms with E-state index in [2.05, 4.69) is 15.5 Å². The van der Waals surface area contributed by atoms with Gasteiger partial charge in [0.25, 0.3) is 5.56 Å². The van der Waals surface area contributed by atoms with E-state index >= 15 is 0 Å². The number of carboxylic acids is 1. The number of carbonyl (C=O) groups excluding carboxylic acids is 1. The van der Waals surface area contributed by atoms with Gasteiger partial charge in [-0.15, -0.1) is 0 Å². The molecule has 1 aromatic rings. The summed E-state index contributed by atoms with van der Waals surface area (Å²) in [6.45, 7) is 0. The molecule has 1 aliphatic rings. The number of nitrogens with zero attached hydrogens (tertiary/aromatic N) is 3. The Bertz CT molecular complexity index is 664. The predicted octanol–water partition coefficient (Wildman–Crippen LogP) is -0.0589. The van der Waals surface area contributed by atoms with Crippen molar-refractivity contribution >= 4 is 35.0 Å². The monoisotopic (exact) mass is 282 g/mol. The molecule has 100 valence electrons. The lowest BCUT2D eigenvalue weighted by Gasteiger charge is -2.09. The number of aliphatic carboxylic acids is 1. The molecule has 8 nitrogen and oxygen atoms in total. The van der Waals surface area contributed by atoms with Crippen LogP contribution in [0.1, 0.15) is 16.8 Å². The number of aromatic nitrogens is 2. The first-order valence-corrected chi connectivity index (χ1v) is 6.42. The first-order chi connectivity index (χ1) is 8.95. The molecule has 19 heavy (non-hydrogen) atoms. The highest BCUT2D eigenvalue weighted by atomic mass is 32.2. The van der Waals surface area contributed by atoms with Crippen LogP contribution in [-0.4, -0.2) is 38.4 Å². The summed E-state index contributed by atoms with van der Waals surface area (Å²) in [7, 11) is 1.50. The molecule has 0 aromatic carbocycles. The minimum Gasteiger partial charge on any atom is -0.477 e. The Kier molecular flexibility index (Phi) is 3.38. The fourth-order valence-electron chi connectivity index (χ4n) is 1.62. The van der Waals surface area contributed by atoms with Gasteiger partial charge in [0.05, 0.1) is 6.42 Å². The topological polar surface area (TPSA) is 114 Å². The minimum atomic E-state index is -1.31. The highest BCUT2D eigenvalue weighted by molar-refractivity contribution is 7.98. The maximum atomic E-state index is 12.1. The zero-order chi connectivity index (χ0) is 14.2. The van der Waals surface area contributed by atoms with Crippen LogP contribution in [0.2, 0.25) is 0 Å². The fourth-order valence-corrected chi connectivity index (χ4v) is 2.16. The predicted molar refractivity (Wildman–Crippen MR) is 68.9 cm³/mol. The first kappa shape index (κ1) is 13.3. The third-order valence-electron chi connectivity index (χ3n) is 2.58. The van der Waals surface area contributed by atoms with Crippen LogP contribution in [0.15, 0.2) is 15.1 Å². The molecule has 0 radical (unpaired) electrons. The molecule has 2 heterocycles. The normalized spacial score (nSPS) is 14.2. The third kappa shape index (κ3) is 2.24. The summed E-state index contributed by atoms with van der Waals surface area (Å²) in [5.41, 5.74) is 1.34. The average molecular weight is 282 g/mol. The molecule has 0 saturated heterocycles. The summed E-state index contributed by atoms with van der Waals surface area (Å²) in [6, 6.07) is 0. The molecule has 0 amide bonds. The van der Waals surface area contributed by atoms with Gasteiger partial charge in [0, 0.05) is 7.05 Å². The second-order valence-electron chi connectivity index (χ2n) is 3.76. The van der Waals surface area contributed by atoms with E-state index in [-0.39, 0.29) is 17.1 Å². The smallest absolute Gasteiger partial charge is 0.352 e. The van der Waals surface area contributed by atoms with Crippen molar-refractivity contribution in [2.75, 3.05) is 11.7 Å². The molecular formula is C10H10N4O4S. The van der Waals surface area contributed by atoms with Crippen molar-refractivity contribution in [1.29, 1.82) is 0 Å². The Morgan fingerprint density at radius 2 is 2.16 bits per heavy atom. The van der Waals surface area contributed by atoms with Gasteiger partial charge in [0.2, 0.25) is 0 Å². The summed E-state index contributed by atoms with van der Waals surface area (Å²) >= 11 is 1.23. The molecule has 0 spiro atoms. The lowest BCUT2D eigenvalue weighted by Crippen LogP contribution is -2.28. The highest BCUT2D eigenvalue weighted by Crippen LogP contribution is 2.19. The molecule has 0 unspecified atom stereocenters. The van der Waals surface area contributed by atoms with Crippen molar-refractivity contribution in [3.8, 4) is 0 Å². The van der Waals surface area contributed by atoms with Gasteiger partial charge < -0.3 is 5.11 Å². The summed E-state index contributed by atoms with van der Waals surface area (Å²) < 4.78 is 1.24. The van der Waals surface area contributed by atoms with E-state index in [0.717, 1.165) is 0 Å².